The standard InChI is InChI=1S/C19H26N2O3/c1-4-19(3,11-12-22)21-17(23)9-10-18-20-13-16(24-18)15-7-5-14(2)6-8-15/h5-8,13,22H,4,9-12H2,1-3H3,(H,21,23). The third-order valence-electron chi connectivity index (χ3n) is 4.34. The zero-order valence-corrected chi connectivity index (χ0v) is 14.6. The van der Waals surface area contributed by atoms with E-state index in [1.54, 1.807) is 6.20 Å². The third-order valence-corrected chi connectivity index (χ3v) is 4.34. The second-order valence-corrected chi connectivity index (χ2v) is 6.42. The molecule has 1 unspecified atom stereocenters. The molecule has 5 nitrogen and oxygen atoms in total. The Labute approximate surface area is 143 Å². The van der Waals surface area contributed by atoms with Gasteiger partial charge in [-0.2, -0.15) is 0 Å². The predicted octanol–water partition coefficient (Wildman–Crippen LogP) is 3.25. The van der Waals surface area contributed by atoms with Gasteiger partial charge in [-0.15, -0.1) is 0 Å². The minimum Gasteiger partial charge on any atom is -0.441 e. The third kappa shape index (κ3) is 4.93. The topological polar surface area (TPSA) is 75.4 Å². The van der Waals surface area contributed by atoms with Crippen LogP contribution in [0, 0.1) is 6.92 Å². The summed E-state index contributed by atoms with van der Waals surface area (Å²) in [6.07, 6.45) is 3.78. The summed E-state index contributed by atoms with van der Waals surface area (Å²) in [5.41, 5.74) is 1.80. The molecule has 2 aromatic rings. The number of hydrogen-bond donors (Lipinski definition) is 2. The molecular weight excluding hydrogens is 304 g/mol. The number of rotatable bonds is 8. The molecule has 0 aliphatic rings. The highest BCUT2D eigenvalue weighted by molar-refractivity contribution is 5.76. The van der Waals surface area contributed by atoms with Gasteiger partial charge in [0.15, 0.2) is 11.7 Å². The van der Waals surface area contributed by atoms with Crippen molar-refractivity contribution in [1.82, 2.24) is 10.3 Å². The molecule has 1 heterocycles. The summed E-state index contributed by atoms with van der Waals surface area (Å²) in [7, 11) is 0. The van der Waals surface area contributed by atoms with Gasteiger partial charge in [-0.3, -0.25) is 4.79 Å². The normalized spacial score (nSPS) is 13.5. The summed E-state index contributed by atoms with van der Waals surface area (Å²) in [6, 6.07) is 8.04. The maximum absolute atomic E-state index is 12.1. The number of aliphatic hydroxyl groups is 1. The average molecular weight is 330 g/mol. The van der Waals surface area contributed by atoms with Gasteiger partial charge in [-0.1, -0.05) is 36.8 Å². The molecule has 0 saturated carbocycles. The molecule has 2 N–H and O–H groups in total. The second-order valence-electron chi connectivity index (χ2n) is 6.42. The minimum atomic E-state index is -0.366. The van der Waals surface area contributed by atoms with Crippen molar-refractivity contribution in [3.8, 4) is 11.3 Å². The van der Waals surface area contributed by atoms with Gasteiger partial charge in [0.25, 0.3) is 0 Å². The van der Waals surface area contributed by atoms with Crippen molar-refractivity contribution in [3.05, 3.63) is 41.9 Å². The molecule has 0 aliphatic heterocycles. The van der Waals surface area contributed by atoms with E-state index in [0.717, 1.165) is 12.0 Å². The number of amides is 1. The van der Waals surface area contributed by atoms with E-state index < -0.39 is 0 Å². The summed E-state index contributed by atoms with van der Waals surface area (Å²) in [5.74, 6) is 1.22. The average Bonchev–Trinajstić information content (AvgIpc) is 3.03. The fraction of sp³-hybridized carbons (Fsp3) is 0.474. The van der Waals surface area contributed by atoms with Gasteiger partial charge in [0, 0.05) is 30.6 Å². The molecular formula is C19H26N2O3. The van der Waals surface area contributed by atoms with Gasteiger partial charge in [0.2, 0.25) is 5.91 Å². The number of carbonyl (C=O) groups excluding carboxylic acids is 1. The summed E-state index contributed by atoms with van der Waals surface area (Å²) >= 11 is 0. The fourth-order valence-corrected chi connectivity index (χ4v) is 2.47. The van der Waals surface area contributed by atoms with Gasteiger partial charge < -0.3 is 14.8 Å². The van der Waals surface area contributed by atoms with E-state index >= 15 is 0 Å². The Morgan fingerprint density at radius 1 is 1.33 bits per heavy atom. The number of aromatic nitrogens is 1. The molecule has 0 spiro atoms. The van der Waals surface area contributed by atoms with Crippen LogP contribution in [0.4, 0.5) is 0 Å². The summed E-state index contributed by atoms with van der Waals surface area (Å²) in [6.45, 7) is 6.04. The zero-order valence-electron chi connectivity index (χ0n) is 14.6. The van der Waals surface area contributed by atoms with Crippen LogP contribution in [0.1, 0.15) is 44.6 Å². The van der Waals surface area contributed by atoms with Crippen molar-refractivity contribution in [2.24, 2.45) is 0 Å². The SMILES string of the molecule is CCC(C)(CCO)NC(=O)CCc1ncc(-c2ccc(C)cc2)o1. The maximum Gasteiger partial charge on any atom is 0.220 e. The van der Waals surface area contributed by atoms with Crippen molar-refractivity contribution in [2.75, 3.05) is 6.61 Å². The molecule has 0 bridgehead atoms. The van der Waals surface area contributed by atoms with Crippen LogP contribution in [0.25, 0.3) is 11.3 Å². The van der Waals surface area contributed by atoms with Crippen molar-refractivity contribution in [3.63, 3.8) is 0 Å². The molecule has 24 heavy (non-hydrogen) atoms. The Hall–Kier alpha value is -2.14. The van der Waals surface area contributed by atoms with E-state index in [4.69, 9.17) is 9.52 Å². The van der Waals surface area contributed by atoms with Gasteiger partial charge >= 0.3 is 0 Å². The van der Waals surface area contributed by atoms with E-state index in [0.29, 0.717) is 30.9 Å². The van der Waals surface area contributed by atoms with Gasteiger partial charge in [-0.05, 0) is 26.7 Å². The van der Waals surface area contributed by atoms with E-state index in [9.17, 15) is 4.79 Å². The quantitative estimate of drug-likeness (QED) is 0.779. The first-order valence-electron chi connectivity index (χ1n) is 8.39. The maximum atomic E-state index is 12.1. The van der Waals surface area contributed by atoms with Crippen LogP contribution in [-0.2, 0) is 11.2 Å². The number of nitrogens with one attached hydrogen (secondary N) is 1. The van der Waals surface area contributed by atoms with Gasteiger partial charge in [0.1, 0.15) is 0 Å². The van der Waals surface area contributed by atoms with Crippen molar-refractivity contribution in [1.29, 1.82) is 0 Å². The molecule has 0 saturated heterocycles. The van der Waals surface area contributed by atoms with Crippen LogP contribution in [0.5, 0.6) is 0 Å². The van der Waals surface area contributed by atoms with E-state index in [2.05, 4.69) is 10.3 Å². The summed E-state index contributed by atoms with van der Waals surface area (Å²) in [4.78, 5) is 16.4. The molecule has 130 valence electrons. The van der Waals surface area contributed by atoms with Gasteiger partial charge in [0.05, 0.1) is 6.20 Å². The van der Waals surface area contributed by atoms with Crippen LogP contribution in [0.15, 0.2) is 34.9 Å². The highest BCUT2D eigenvalue weighted by Crippen LogP contribution is 2.21. The lowest BCUT2D eigenvalue weighted by atomic mass is 9.94. The molecule has 2 rings (SSSR count). The smallest absolute Gasteiger partial charge is 0.220 e. The number of hydrogen-bond acceptors (Lipinski definition) is 4. The van der Waals surface area contributed by atoms with Crippen LogP contribution in [0.3, 0.4) is 0 Å². The summed E-state index contributed by atoms with van der Waals surface area (Å²) < 4.78 is 5.73. The number of oxazole rings is 1. The lowest BCUT2D eigenvalue weighted by molar-refractivity contribution is -0.123. The fourth-order valence-electron chi connectivity index (χ4n) is 2.47. The summed E-state index contributed by atoms with van der Waals surface area (Å²) in [5, 5.41) is 12.1. The molecule has 0 fully saturated rings. The number of carbonyl (C=O) groups is 1. The number of aliphatic hydroxyl groups excluding tert-OH is 1. The van der Waals surface area contributed by atoms with E-state index in [-0.39, 0.29) is 18.1 Å². The lowest BCUT2D eigenvalue weighted by Crippen LogP contribution is -2.46. The Morgan fingerprint density at radius 3 is 2.67 bits per heavy atom. The number of benzene rings is 1. The highest BCUT2D eigenvalue weighted by atomic mass is 16.4. The Kier molecular flexibility index (Phi) is 6.15. The Bertz CT molecular complexity index is 664. The van der Waals surface area contributed by atoms with Gasteiger partial charge in [-0.25, -0.2) is 4.98 Å². The Morgan fingerprint density at radius 2 is 2.04 bits per heavy atom. The van der Waals surface area contributed by atoms with E-state index in [1.165, 1.54) is 5.56 Å². The number of aryl methyl sites for hydroxylation is 2. The molecule has 1 aromatic carbocycles. The molecule has 1 amide bonds. The first-order chi connectivity index (χ1) is 11.5. The van der Waals surface area contributed by atoms with Crippen LogP contribution < -0.4 is 5.32 Å². The molecule has 5 heteroatoms. The molecule has 1 aromatic heterocycles. The van der Waals surface area contributed by atoms with Crippen molar-refractivity contribution < 1.29 is 14.3 Å². The van der Waals surface area contributed by atoms with Crippen LogP contribution in [-0.4, -0.2) is 28.1 Å². The first kappa shape index (κ1) is 18.2. The zero-order chi connectivity index (χ0) is 17.6. The first-order valence-corrected chi connectivity index (χ1v) is 8.39. The van der Waals surface area contributed by atoms with Crippen LogP contribution >= 0.6 is 0 Å². The van der Waals surface area contributed by atoms with Crippen molar-refractivity contribution >= 4 is 5.91 Å². The largest absolute Gasteiger partial charge is 0.441 e. The number of nitrogens with zero attached hydrogens (tertiary/aromatic N) is 1. The minimum absolute atomic E-state index is 0.0529. The Balaban J connectivity index is 1.91. The van der Waals surface area contributed by atoms with Crippen LogP contribution in [0.2, 0.25) is 0 Å². The predicted molar refractivity (Wildman–Crippen MR) is 93.5 cm³/mol. The second kappa shape index (κ2) is 8.11. The lowest BCUT2D eigenvalue weighted by Gasteiger charge is -2.28. The van der Waals surface area contributed by atoms with E-state index in [1.807, 2.05) is 45.0 Å². The monoisotopic (exact) mass is 330 g/mol. The molecule has 0 radical (unpaired) electrons. The molecule has 0 aliphatic carbocycles. The van der Waals surface area contributed by atoms with Crippen molar-refractivity contribution in [2.45, 2.75) is 52.0 Å². The highest BCUT2D eigenvalue weighted by Gasteiger charge is 2.23. The molecule has 1 atom stereocenters.